The van der Waals surface area contributed by atoms with Gasteiger partial charge < -0.3 is 15.3 Å². The van der Waals surface area contributed by atoms with Crippen LogP contribution in [0.15, 0.2) is 47.1 Å². The van der Waals surface area contributed by atoms with Gasteiger partial charge in [0, 0.05) is 0 Å². The zero-order valence-corrected chi connectivity index (χ0v) is 15.0. The summed E-state index contributed by atoms with van der Waals surface area (Å²) in [6.45, 7) is 9.90. The van der Waals surface area contributed by atoms with Gasteiger partial charge in [-0.25, -0.2) is 0 Å². The Hall–Kier alpha value is -1.16. The first-order valence-corrected chi connectivity index (χ1v) is 8.45. The second-order valence-electron chi connectivity index (χ2n) is 6.28. The van der Waals surface area contributed by atoms with Crippen molar-refractivity contribution in [1.29, 1.82) is 0 Å². The molecular formula is C20H34O3. The minimum atomic E-state index is -0.611. The molecule has 0 bridgehead atoms. The Kier molecular flexibility index (Phi) is 12.6. The van der Waals surface area contributed by atoms with E-state index in [0.717, 1.165) is 32.1 Å². The van der Waals surface area contributed by atoms with Crippen LogP contribution in [0.25, 0.3) is 0 Å². The number of aliphatic hydroxyl groups excluding tert-OH is 3. The van der Waals surface area contributed by atoms with E-state index < -0.39 is 6.10 Å². The third-order valence-electron chi connectivity index (χ3n) is 3.99. The van der Waals surface area contributed by atoms with E-state index in [-0.39, 0.29) is 13.2 Å². The van der Waals surface area contributed by atoms with Crippen molar-refractivity contribution in [3.63, 3.8) is 0 Å². The van der Waals surface area contributed by atoms with Gasteiger partial charge in [-0.15, -0.1) is 0 Å². The van der Waals surface area contributed by atoms with Crippen LogP contribution in [0.3, 0.4) is 0 Å². The molecule has 0 saturated heterocycles. The zero-order valence-electron chi connectivity index (χ0n) is 15.0. The first-order chi connectivity index (χ1) is 10.9. The SMILES string of the molecule is C=C(CO)[C@@H](O)CC/C(C)=C/CC/C(C)=C/CC/C(C)=C/CO. The zero-order chi connectivity index (χ0) is 17.7. The van der Waals surface area contributed by atoms with Gasteiger partial charge in [-0.05, 0) is 64.9 Å². The van der Waals surface area contributed by atoms with Gasteiger partial charge in [0.15, 0.2) is 0 Å². The molecule has 0 unspecified atom stereocenters. The van der Waals surface area contributed by atoms with Crippen LogP contribution >= 0.6 is 0 Å². The molecule has 23 heavy (non-hydrogen) atoms. The molecule has 0 heterocycles. The monoisotopic (exact) mass is 322 g/mol. The maximum Gasteiger partial charge on any atom is 0.0772 e. The molecule has 0 fully saturated rings. The first kappa shape index (κ1) is 21.8. The van der Waals surface area contributed by atoms with E-state index >= 15 is 0 Å². The van der Waals surface area contributed by atoms with Gasteiger partial charge >= 0.3 is 0 Å². The van der Waals surface area contributed by atoms with Crippen LogP contribution in [0.1, 0.15) is 59.3 Å². The minimum Gasteiger partial charge on any atom is -0.392 e. The van der Waals surface area contributed by atoms with Crippen LogP contribution in [0.5, 0.6) is 0 Å². The van der Waals surface area contributed by atoms with E-state index in [4.69, 9.17) is 10.2 Å². The molecule has 0 aromatic heterocycles. The van der Waals surface area contributed by atoms with E-state index in [1.54, 1.807) is 0 Å². The average molecular weight is 322 g/mol. The molecule has 0 aliphatic heterocycles. The number of rotatable bonds is 12. The van der Waals surface area contributed by atoms with Crippen molar-refractivity contribution in [3.05, 3.63) is 47.1 Å². The van der Waals surface area contributed by atoms with E-state index in [1.807, 2.05) is 13.0 Å². The second-order valence-corrected chi connectivity index (χ2v) is 6.28. The Morgan fingerprint density at radius 2 is 1.35 bits per heavy atom. The summed E-state index contributed by atoms with van der Waals surface area (Å²) in [5, 5.41) is 27.5. The van der Waals surface area contributed by atoms with Gasteiger partial charge in [-0.1, -0.05) is 41.5 Å². The lowest BCUT2D eigenvalue weighted by Gasteiger charge is -2.11. The van der Waals surface area contributed by atoms with Gasteiger partial charge in [0.05, 0.1) is 19.3 Å². The molecule has 0 saturated carbocycles. The molecule has 3 nitrogen and oxygen atoms in total. The number of aliphatic hydroxyl groups is 3. The van der Waals surface area contributed by atoms with Gasteiger partial charge in [0.1, 0.15) is 0 Å². The lowest BCUT2D eigenvalue weighted by atomic mass is 10.0. The molecule has 132 valence electrons. The molecular weight excluding hydrogens is 288 g/mol. The summed E-state index contributed by atoms with van der Waals surface area (Å²) in [6.07, 6.45) is 11.3. The van der Waals surface area contributed by atoms with E-state index in [2.05, 4.69) is 32.6 Å². The third kappa shape index (κ3) is 12.0. The molecule has 1 atom stereocenters. The predicted octanol–water partition coefficient (Wildman–Crippen LogP) is 4.07. The molecule has 0 rings (SSSR count). The highest BCUT2D eigenvalue weighted by Gasteiger charge is 2.07. The van der Waals surface area contributed by atoms with E-state index in [9.17, 15) is 5.11 Å². The lowest BCUT2D eigenvalue weighted by Crippen LogP contribution is -2.12. The van der Waals surface area contributed by atoms with Crippen LogP contribution < -0.4 is 0 Å². The van der Waals surface area contributed by atoms with Crippen molar-refractivity contribution >= 4 is 0 Å². The first-order valence-electron chi connectivity index (χ1n) is 8.45. The molecule has 0 radical (unpaired) electrons. The lowest BCUT2D eigenvalue weighted by molar-refractivity contribution is 0.179. The molecule has 0 spiro atoms. The van der Waals surface area contributed by atoms with Gasteiger partial charge in [-0.3, -0.25) is 0 Å². The molecule has 0 aromatic rings. The molecule has 3 heteroatoms. The molecule has 3 N–H and O–H groups in total. The third-order valence-corrected chi connectivity index (χ3v) is 3.99. The fraction of sp³-hybridized carbons (Fsp3) is 0.600. The van der Waals surface area contributed by atoms with Crippen LogP contribution in [0.2, 0.25) is 0 Å². The Labute approximate surface area is 141 Å². The Balaban J connectivity index is 4.01. The Morgan fingerprint density at radius 1 is 0.870 bits per heavy atom. The van der Waals surface area contributed by atoms with Crippen molar-refractivity contribution in [2.45, 2.75) is 65.4 Å². The molecule has 0 amide bonds. The number of hydrogen-bond donors (Lipinski definition) is 3. The van der Waals surface area contributed by atoms with Crippen molar-refractivity contribution in [1.82, 2.24) is 0 Å². The van der Waals surface area contributed by atoms with Crippen LogP contribution in [0, 0.1) is 0 Å². The standard InChI is InChI=1S/C20H34O3/c1-16(8-6-10-18(3)13-14-21)7-5-9-17(2)11-12-20(23)19(4)15-22/h8-9,13,20-23H,4-7,10-12,14-15H2,1-3H3/b16-8+,17-9+,18-13+/t20-/m0/s1. The molecule has 0 aromatic carbocycles. The maximum absolute atomic E-state index is 9.74. The summed E-state index contributed by atoms with van der Waals surface area (Å²) in [5.41, 5.74) is 4.38. The van der Waals surface area contributed by atoms with Gasteiger partial charge in [-0.2, -0.15) is 0 Å². The maximum atomic E-state index is 9.74. The highest BCUT2D eigenvalue weighted by atomic mass is 16.3. The fourth-order valence-corrected chi connectivity index (χ4v) is 2.23. The summed E-state index contributed by atoms with van der Waals surface area (Å²) in [5.74, 6) is 0. The Bertz CT molecular complexity index is 430. The summed E-state index contributed by atoms with van der Waals surface area (Å²) >= 11 is 0. The highest BCUT2D eigenvalue weighted by Crippen LogP contribution is 2.15. The van der Waals surface area contributed by atoms with Crippen molar-refractivity contribution in [2.75, 3.05) is 13.2 Å². The highest BCUT2D eigenvalue weighted by molar-refractivity contribution is 5.07. The molecule has 0 aliphatic rings. The van der Waals surface area contributed by atoms with E-state index in [0.29, 0.717) is 12.0 Å². The largest absolute Gasteiger partial charge is 0.392 e. The second kappa shape index (κ2) is 13.3. The fourth-order valence-electron chi connectivity index (χ4n) is 2.23. The van der Waals surface area contributed by atoms with Crippen molar-refractivity contribution in [2.24, 2.45) is 0 Å². The minimum absolute atomic E-state index is 0.124. The number of allylic oxidation sites excluding steroid dienone is 5. The van der Waals surface area contributed by atoms with Crippen LogP contribution in [-0.2, 0) is 0 Å². The summed E-state index contributed by atoms with van der Waals surface area (Å²) < 4.78 is 0. The average Bonchev–Trinajstić information content (AvgIpc) is 2.52. The van der Waals surface area contributed by atoms with Crippen molar-refractivity contribution in [3.8, 4) is 0 Å². The van der Waals surface area contributed by atoms with Crippen LogP contribution in [-0.4, -0.2) is 34.6 Å². The van der Waals surface area contributed by atoms with Gasteiger partial charge in [0.25, 0.3) is 0 Å². The quantitative estimate of drug-likeness (QED) is 0.475. The molecule has 0 aliphatic carbocycles. The van der Waals surface area contributed by atoms with Crippen molar-refractivity contribution < 1.29 is 15.3 Å². The van der Waals surface area contributed by atoms with E-state index in [1.165, 1.54) is 16.7 Å². The van der Waals surface area contributed by atoms with Gasteiger partial charge in [0.2, 0.25) is 0 Å². The normalized spacial score (nSPS) is 15.0. The summed E-state index contributed by atoms with van der Waals surface area (Å²) in [6, 6.07) is 0. The Morgan fingerprint density at radius 3 is 1.83 bits per heavy atom. The smallest absolute Gasteiger partial charge is 0.0772 e. The topological polar surface area (TPSA) is 60.7 Å². The number of hydrogen-bond acceptors (Lipinski definition) is 3. The summed E-state index contributed by atoms with van der Waals surface area (Å²) in [7, 11) is 0. The van der Waals surface area contributed by atoms with Crippen LogP contribution in [0.4, 0.5) is 0 Å². The predicted molar refractivity (Wildman–Crippen MR) is 98.3 cm³/mol. The summed E-state index contributed by atoms with van der Waals surface area (Å²) in [4.78, 5) is 0.